The number of methoxy groups -OCH3 is 1. The zero-order valence-electron chi connectivity index (χ0n) is 64.0. The molecule has 548 valence electrons. The number of rotatable bonds is 21. The van der Waals surface area contributed by atoms with Crippen molar-refractivity contribution in [2.75, 3.05) is 44.0 Å². The molecule has 5 saturated carbocycles. The fraction of sp³-hybridized carbons (Fsp3) is 0.711. The minimum absolute atomic E-state index is 0.0115. The van der Waals surface area contributed by atoms with Crippen molar-refractivity contribution in [3.8, 4) is 11.8 Å². The predicted molar refractivity (Wildman–Crippen MR) is 399 cm³/mol. The van der Waals surface area contributed by atoms with Crippen molar-refractivity contribution in [1.82, 2.24) is 20.9 Å². The standard InChI is InChI=1S/C19H26N2O.C18H28N2O.C18H27NO2.C15H27NO3.C13H25NO/c1-13(2)17-9-4-14(3)12-18(17)19(22)21-16-7-5-15(6-8-16)10-11-20;1-13(2)16-8-7-14(3)12-17(16)18(21)20-11-9-15-6-4-5-10-19-15;1-12(2)16-10-5-13(3)11-17(16)18(20)19-14-6-8-15(21-4)9-7-14;1-5-19-14(17)9-16-15(18)13-8-11(4)6-7-12(13)10(2)3;1-5-14-13(15)12-8-10(4)6-7-11(12)9(2)3/h5-8,13-14,17-18H,4,9-10,12H2,1-3H3,(H,21,22);4-6,10,13-14,16-17H,7-9,11-12H2,1-3H3,(H,20,21);6-9,12-13,16-17H,5,10-11H2,1-4H3,(H,19,20);10-13H,5-9H2,1-4H3,(H,16,18);9-12H,5-8H2,1-4H3,(H,14,15)/t14-,17+,18-;14-,16+,17-;13-,16+,17-;11-,12+,13-;10-,11+,12-/m11111/s1. The molecule has 15 nitrogen and oxygen atoms in total. The van der Waals surface area contributed by atoms with Gasteiger partial charge in [-0.25, -0.2) is 0 Å². The van der Waals surface area contributed by atoms with Crippen LogP contribution in [0.3, 0.4) is 0 Å². The molecule has 3 aromatic rings. The van der Waals surface area contributed by atoms with E-state index in [1.807, 2.05) is 73.7 Å². The molecule has 15 atom stereocenters. The third kappa shape index (κ3) is 28.7. The van der Waals surface area contributed by atoms with Crippen molar-refractivity contribution in [2.24, 2.45) is 118 Å². The highest BCUT2D eigenvalue weighted by Gasteiger charge is 2.40. The number of hydrogen-bond acceptors (Lipinski definition) is 10. The van der Waals surface area contributed by atoms with E-state index >= 15 is 0 Å². The average Bonchev–Trinajstić information content (AvgIpc) is 0.862. The molecule has 0 radical (unpaired) electrons. The van der Waals surface area contributed by atoms with Crippen LogP contribution in [0.5, 0.6) is 5.75 Å². The summed E-state index contributed by atoms with van der Waals surface area (Å²) in [5.74, 6) is 10.7. The molecule has 1 aromatic heterocycles. The number of ether oxygens (including phenoxy) is 2. The maximum atomic E-state index is 12.7. The van der Waals surface area contributed by atoms with E-state index < -0.39 is 0 Å². The predicted octanol–water partition coefficient (Wildman–Crippen LogP) is 17.4. The van der Waals surface area contributed by atoms with Crippen LogP contribution in [0.25, 0.3) is 0 Å². The van der Waals surface area contributed by atoms with Crippen LogP contribution in [-0.2, 0) is 46.3 Å². The van der Waals surface area contributed by atoms with Crippen molar-refractivity contribution in [2.45, 2.75) is 227 Å². The lowest BCUT2D eigenvalue weighted by molar-refractivity contribution is -0.144. The number of amides is 5. The Kier molecular flexibility index (Phi) is 37.8. The van der Waals surface area contributed by atoms with Gasteiger partial charge in [-0.3, -0.25) is 33.8 Å². The first-order valence-corrected chi connectivity index (χ1v) is 38.2. The second-order valence-electron chi connectivity index (χ2n) is 31.7. The van der Waals surface area contributed by atoms with E-state index in [2.05, 4.69) is 141 Å². The first kappa shape index (κ1) is 84.1. The van der Waals surface area contributed by atoms with Crippen LogP contribution in [0.2, 0.25) is 0 Å². The molecule has 98 heavy (non-hydrogen) atoms. The molecule has 0 bridgehead atoms. The minimum Gasteiger partial charge on any atom is -0.497 e. The molecule has 2 aromatic carbocycles. The van der Waals surface area contributed by atoms with Gasteiger partial charge in [0.05, 0.1) is 26.2 Å². The zero-order chi connectivity index (χ0) is 72.6. The van der Waals surface area contributed by atoms with Gasteiger partial charge in [0.15, 0.2) is 0 Å². The number of nitriles is 1. The number of hydrogen-bond donors (Lipinski definition) is 5. The van der Waals surface area contributed by atoms with E-state index in [-0.39, 0.29) is 71.6 Å². The van der Waals surface area contributed by atoms with Crippen molar-refractivity contribution >= 4 is 46.9 Å². The molecule has 5 aliphatic carbocycles. The van der Waals surface area contributed by atoms with E-state index in [9.17, 15) is 28.8 Å². The van der Waals surface area contributed by atoms with E-state index in [0.29, 0.717) is 108 Å². The number of pyridine rings is 1. The summed E-state index contributed by atoms with van der Waals surface area (Å²) >= 11 is 0. The number of carbonyl (C=O) groups is 6. The molecular weight excluding hydrogens is 1220 g/mol. The summed E-state index contributed by atoms with van der Waals surface area (Å²) in [7, 11) is 1.64. The molecule has 0 aliphatic heterocycles. The fourth-order valence-electron chi connectivity index (χ4n) is 16.3. The monoisotopic (exact) mass is 1360 g/mol. The van der Waals surface area contributed by atoms with Crippen LogP contribution in [0, 0.1) is 130 Å². The number of benzene rings is 2. The third-order valence-corrected chi connectivity index (χ3v) is 22.1. The van der Waals surface area contributed by atoms with Gasteiger partial charge in [0.25, 0.3) is 0 Å². The van der Waals surface area contributed by atoms with E-state index in [1.165, 1.54) is 51.4 Å². The van der Waals surface area contributed by atoms with Gasteiger partial charge in [0.2, 0.25) is 29.5 Å². The van der Waals surface area contributed by atoms with Crippen LogP contribution in [0.15, 0.2) is 72.9 Å². The highest BCUT2D eigenvalue weighted by atomic mass is 16.5. The Balaban J connectivity index is 0.000000262. The molecule has 5 fully saturated rings. The second kappa shape index (κ2) is 44.1. The lowest BCUT2D eigenvalue weighted by Gasteiger charge is -2.36. The van der Waals surface area contributed by atoms with Gasteiger partial charge >= 0.3 is 5.97 Å². The van der Waals surface area contributed by atoms with Crippen molar-refractivity contribution < 1.29 is 38.2 Å². The molecule has 8 rings (SSSR count). The SMILES string of the molecule is CC(C)[C@@H]1CC[C@@H](C)C[C@H]1C(=O)NCCc1ccccn1.CC(C)[C@@H]1CC[C@@H](C)C[C@H]1C(=O)Nc1ccc(CC#N)cc1.CCNC(=O)[C@@H]1C[C@H](C)CC[C@H]1C(C)C.CCOC(=O)CNC(=O)[C@@H]1C[C@H](C)CC[C@H]1C(C)C.COc1ccc(NC(=O)[C@@H]2C[C@H](C)CC[C@H]2C(C)C)cc1. The summed E-state index contributed by atoms with van der Waals surface area (Å²) in [6.45, 7) is 39.0. The Labute approximate surface area is 593 Å². The molecule has 0 unspecified atom stereocenters. The van der Waals surface area contributed by atoms with E-state index in [4.69, 9.17) is 14.7 Å². The van der Waals surface area contributed by atoms with Crippen LogP contribution in [-0.4, -0.2) is 73.8 Å². The van der Waals surface area contributed by atoms with Gasteiger partial charge in [0, 0.05) is 72.4 Å². The topological polar surface area (TPSA) is 218 Å². The van der Waals surface area contributed by atoms with Crippen molar-refractivity contribution in [1.29, 1.82) is 5.26 Å². The van der Waals surface area contributed by atoms with E-state index in [0.717, 1.165) is 86.3 Å². The van der Waals surface area contributed by atoms with Gasteiger partial charge in [-0.2, -0.15) is 5.26 Å². The third-order valence-electron chi connectivity index (χ3n) is 22.1. The van der Waals surface area contributed by atoms with Gasteiger partial charge in [-0.05, 0) is 221 Å². The molecule has 0 spiro atoms. The number of carbonyl (C=O) groups excluding carboxylic acids is 6. The molecule has 0 saturated heterocycles. The largest absolute Gasteiger partial charge is 0.497 e. The van der Waals surface area contributed by atoms with Gasteiger partial charge in [-0.1, -0.05) is 154 Å². The Hall–Kier alpha value is -6.30. The number of nitrogens with one attached hydrogen (secondary N) is 5. The highest BCUT2D eigenvalue weighted by Crippen LogP contribution is 2.43. The van der Waals surface area contributed by atoms with Crippen LogP contribution in [0.4, 0.5) is 11.4 Å². The molecule has 1 heterocycles. The van der Waals surface area contributed by atoms with Crippen molar-refractivity contribution in [3.63, 3.8) is 0 Å². The van der Waals surface area contributed by atoms with Gasteiger partial charge < -0.3 is 36.1 Å². The Morgan fingerprint density at radius 2 is 0.837 bits per heavy atom. The summed E-state index contributed by atoms with van der Waals surface area (Å²) in [5, 5.41) is 23.7. The maximum Gasteiger partial charge on any atom is 0.325 e. The number of anilines is 2. The fourth-order valence-corrected chi connectivity index (χ4v) is 16.3. The van der Waals surface area contributed by atoms with Gasteiger partial charge in [0.1, 0.15) is 12.3 Å². The molecule has 5 aliphatic rings. The summed E-state index contributed by atoms with van der Waals surface area (Å²) in [6.07, 6.45) is 20.1. The highest BCUT2D eigenvalue weighted by molar-refractivity contribution is 5.93. The first-order chi connectivity index (χ1) is 46.6. The molecular formula is C83H133N7O8. The Morgan fingerprint density at radius 3 is 1.16 bits per heavy atom. The van der Waals surface area contributed by atoms with Crippen molar-refractivity contribution in [3.05, 3.63) is 84.2 Å². The summed E-state index contributed by atoms with van der Waals surface area (Å²) in [5.41, 5.74) is 3.69. The Bertz CT molecular complexity index is 2850. The van der Waals surface area contributed by atoms with Crippen LogP contribution >= 0.6 is 0 Å². The van der Waals surface area contributed by atoms with Crippen LogP contribution in [0.1, 0.15) is 225 Å². The second-order valence-corrected chi connectivity index (χ2v) is 31.7. The smallest absolute Gasteiger partial charge is 0.325 e. The maximum absolute atomic E-state index is 12.7. The number of esters is 1. The minimum atomic E-state index is -0.360. The number of aromatic nitrogens is 1. The quantitative estimate of drug-likeness (QED) is 0.0636. The number of nitrogens with zero attached hydrogens (tertiary/aromatic N) is 2. The normalized spacial score (nSPS) is 26.7. The first-order valence-electron chi connectivity index (χ1n) is 38.2. The summed E-state index contributed by atoms with van der Waals surface area (Å²) < 4.78 is 9.96. The van der Waals surface area contributed by atoms with Gasteiger partial charge in [-0.15, -0.1) is 0 Å². The summed E-state index contributed by atoms with van der Waals surface area (Å²) in [4.78, 5) is 77.6. The molecule has 15 heteroatoms. The van der Waals surface area contributed by atoms with Crippen LogP contribution < -0.4 is 31.3 Å². The zero-order valence-corrected chi connectivity index (χ0v) is 64.0. The average molecular weight is 1360 g/mol. The lowest BCUT2D eigenvalue weighted by atomic mass is 9.70. The Morgan fingerprint density at radius 1 is 0.480 bits per heavy atom. The van der Waals surface area contributed by atoms with E-state index in [1.54, 1.807) is 20.2 Å². The molecule has 5 N–H and O–H groups in total. The lowest BCUT2D eigenvalue weighted by Crippen LogP contribution is -2.42. The molecule has 5 amide bonds. The summed E-state index contributed by atoms with van der Waals surface area (Å²) in [6, 6.07) is 23.2.